The number of hydrogen-bond acceptors (Lipinski definition) is 4. The Kier molecular flexibility index (Phi) is 5.86. The fourth-order valence-corrected chi connectivity index (χ4v) is 5.44. The molecule has 1 heterocycles. The maximum atomic E-state index is 13.1. The van der Waals surface area contributed by atoms with Gasteiger partial charge < -0.3 is 9.64 Å². The molecule has 0 saturated carbocycles. The molecule has 3 aromatic rings. The maximum absolute atomic E-state index is 13.1. The Hall–Kier alpha value is -3.12. The minimum atomic E-state index is -3.39. The van der Waals surface area contributed by atoms with Crippen LogP contribution in [0, 0.1) is 0 Å². The summed E-state index contributed by atoms with van der Waals surface area (Å²) in [7, 11) is -3.39. The van der Waals surface area contributed by atoms with E-state index in [-0.39, 0.29) is 5.91 Å². The van der Waals surface area contributed by atoms with Gasteiger partial charge in [-0.1, -0.05) is 48.5 Å². The van der Waals surface area contributed by atoms with Crippen molar-refractivity contribution >= 4 is 15.7 Å². The first-order valence-corrected chi connectivity index (χ1v) is 11.5. The standard InChI is InChI=1S/C24H23NO4S/c26-24(22-13-7-8-14-23(22)29-19-9-3-1-4-10-19)25-17-15-21(16-18-25)30(27,28)20-11-5-2-6-12-20/h1-14,21H,15-18H2. The molecule has 1 amide bonds. The molecule has 1 aliphatic heterocycles. The van der Waals surface area contributed by atoms with Crippen molar-refractivity contribution in [1.82, 2.24) is 4.90 Å². The molecule has 0 atom stereocenters. The second kappa shape index (κ2) is 8.71. The Morgan fingerprint density at radius 2 is 1.37 bits per heavy atom. The first kappa shape index (κ1) is 20.2. The number of likely N-dealkylation sites (tertiary alicyclic amines) is 1. The molecule has 1 saturated heterocycles. The van der Waals surface area contributed by atoms with Gasteiger partial charge in [-0.2, -0.15) is 0 Å². The highest BCUT2D eigenvalue weighted by Crippen LogP contribution is 2.29. The zero-order chi connectivity index (χ0) is 21.0. The van der Waals surface area contributed by atoms with Gasteiger partial charge in [-0.05, 0) is 49.2 Å². The Morgan fingerprint density at radius 3 is 2.03 bits per heavy atom. The number of hydrogen-bond donors (Lipinski definition) is 0. The quantitative estimate of drug-likeness (QED) is 0.606. The number of benzene rings is 3. The number of amides is 1. The summed E-state index contributed by atoms with van der Waals surface area (Å²) in [4.78, 5) is 15.2. The summed E-state index contributed by atoms with van der Waals surface area (Å²) in [5.41, 5.74) is 0.478. The molecule has 3 aromatic carbocycles. The predicted molar refractivity (Wildman–Crippen MR) is 116 cm³/mol. The van der Waals surface area contributed by atoms with Crippen LogP contribution in [0.4, 0.5) is 0 Å². The van der Waals surface area contributed by atoms with E-state index in [0.29, 0.717) is 47.9 Å². The van der Waals surface area contributed by atoms with E-state index in [1.54, 1.807) is 53.4 Å². The van der Waals surface area contributed by atoms with Crippen LogP contribution < -0.4 is 4.74 Å². The number of ether oxygens (including phenoxy) is 1. The number of rotatable bonds is 5. The zero-order valence-corrected chi connectivity index (χ0v) is 17.3. The largest absolute Gasteiger partial charge is 0.457 e. The first-order valence-electron chi connectivity index (χ1n) is 9.96. The highest BCUT2D eigenvalue weighted by atomic mass is 32.2. The minimum Gasteiger partial charge on any atom is -0.457 e. The van der Waals surface area contributed by atoms with Crippen LogP contribution in [-0.4, -0.2) is 37.6 Å². The number of carbonyl (C=O) groups is 1. The van der Waals surface area contributed by atoms with Crippen molar-refractivity contribution < 1.29 is 17.9 Å². The predicted octanol–water partition coefficient (Wildman–Crippen LogP) is 4.56. The molecule has 1 fully saturated rings. The van der Waals surface area contributed by atoms with Crippen LogP contribution in [0.2, 0.25) is 0 Å². The van der Waals surface area contributed by atoms with Gasteiger partial charge in [0.05, 0.1) is 15.7 Å². The average molecular weight is 422 g/mol. The number of sulfone groups is 1. The molecule has 0 spiro atoms. The van der Waals surface area contributed by atoms with E-state index < -0.39 is 15.1 Å². The molecule has 0 N–H and O–H groups in total. The van der Waals surface area contributed by atoms with Crippen molar-refractivity contribution in [3.8, 4) is 11.5 Å². The lowest BCUT2D eigenvalue weighted by Crippen LogP contribution is -2.42. The van der Waals surface area contributed by atoms with E-state index in [4.69, 9.17) is 4.74 Å². The number of nitrogens with zero attached hydrogens (tertiary/aromatic N) is 1. The summed E-state index contributed by atoms with van der Waals surface area (Å²) in [5, 5.41) is -0.472. The number of piperidine rings is 1. The fraction of sp³-hybridized carbons (Fsp3) is 0.208. The average Bonchev–Trinajstić information content (AvgIpc) is 2.80. The van der Waals surface area contributed by atoms with Crippen LogP contribution in [0.25, 0.3) is 0 Å². The first-order chi connectivity index (χ1) is 14.6. The Morgan fingerprint density at radius 1 is 0.800 bits per heavy atom. The second-order valence-electron chi connectivity index (χ2n) is 7.26. The Balaban J connectivity index is 1.47. The summed E-state index contributed by atoms with van der Waals surface area (Å²) in [5.74, 6) is 1.01. The van der Waals surface area contributed by atoms with Gasteiger partial charge in [-0.15, -0.1) is 0 Å². The third-order valence-corrected chi connectivity index (χ3v) is 7.61. The molecule has 0 aliphatic carbocycles. The molecule has 0 bridgehead atoms. The molecule has 0 unspecified atom stereocenters. The lowest BCUT2D eigenvalue weighted by atomic mass is 10.1. The third-order valence-electron chi connectivity index (χ3n) is 5.33. The molecule has 5 nitrogen and oxygen atoms in total. The van der Waals surface area contributed by atoms with Gasteiger partial charge in [-0.3, -0.25) is 4.79 Å². The maximum Gasteiger partial charge on any atom is 0.257 e. The van der Waals surface area contributed by atoms with E-state index in [1.165, 1.54) is 0 Å². The minimum absolute atomic E-state index is 0.142. The number of para-hydroxylation sites is 2. The van der Waals surface area contributed by atoms with E-state index in [9.17, 15) is 13.2 Å². The van der Waals surface area contributed by atoms with Gasteiger partial charge in [0.15, 0.2) is 9.84 Å². The van der Waals surface area contributed by atoms with Crippen molar-refractivity contribution in [3.05, 3.63) is 90.5 Å². The highest BCUT2D eigenvalue weighted by Gasteiger charge is 2.33. The molecule has 0 radical (unpaired) electrons. The Labute approximate surface area is 176 Å². The molecular formula is C24H23NO4S. The van der Waals surface area contributed by atoms with Crippen molar-refractivity contribution in [2.45, 2.75) is 23.0 Å². The van der Waals surface area contributed by atoms with Gasteiger partial charge in [0, 0.05) is 13.1 Å². The van der Waals surface area contributed by atoms with Gasteiger partial charge in [-0.25, -0.2) is 8.42 Å². The summed E-state index contributed by atoms with van der Waals surface area (Å²) in [6.07, 6.45) is 0.843. The van der Waals surface area contributed by atoms with Crippen LogP contribution in [-0.2, 0) is 9.84 Å². The molecule has 0 aromatic heterocycles. The van der Waals surface area contributed by atoms with Crippen molar-refractivity contribution in [3.63, 3.8) is 0 Å². The Bertz CT molecular complexity index is 1110. The van der Waals surface area contributed by atoms with Crippen LogP contribution >= 0.6 is 0 Å². The summed E-state index contributed by atoms with van der Waals surface area (Å²) >= 11 is 0. The molecule has 4 rings (SSSR count). The summed E-state index contributed by atoms with van der Waals surface area (Å²) in [6.45, 7) is 0.796. The zero-order valence-electron chi connectivity index (χ0n) is 16.5. The second-order valence-corrected chi connectivity index (χ2v) is 9.49. The molecular weight excluding hydrogens is 398 g/mol. The van der Waals surface area contributed by atoms with Gasteiger partial charge in [0.1, 0.15) is 11.5 Å². The normalized spacial score (nSPS) is 15.0. The lowest BCUT2D eigenvalue weighted by Gasteiger charge is -2.32. The summed E-state index contributed by atoms with van der Waals surface area (Å²) < 4.78 is 31.6. The molecule has 154 valence electrons. The summed E-state index contributed by atoms with van der Waals surface area (Å²) in [6, 6.07) is 25.0. The molecule has 6 heteroatoms. The van der Waals surface area contributed by atoms with Crippen LogP contribution in [0.1, 0.15) is 23.2 Å². The molecule has 1 aliphatic rings. The van der Waals surface area contributed by atoms with Crippen molar-refractivity contribution in [2.75, 3.05) is 13.1 Å². The van der Waals surface area contributed by atoms with Crippen molar-refractivity contribution in [2.24, 2.45) is 0 Å². The van der Waals surface area contributed by atoms with Gasteiger partial charge in [0.2, 0.25) is 0 Å². The smallest absolute Gasteiger partial charge is 0.257 e. The van der Waals surface area contributed by atoms with Gasteiger partial charge in [0.25, 0.3) is 5.91 Å². The number of carbonyl (C=O) groups excluding carboxylic acids is 1. The van der Waals surface area contributed by atoms with Crippen LogP contribution in [0.5, 0.6) is 11.5 Å². The third kappa shape index (κ3) is 4.24. The lowest BCUT2D eigenvalue weighted by molar-refractivity contribution is 0.0723. The van der Waals surface area contributed by atoms with Crippen LogP contribution in [0.15, 0.2) is 89.8 Å². The van der Waals surface area contributed by atoms with E-state index in [2.05, 4.69) is 0 Å². The van der Waals surface area contributed by atoms with E-state index >= 15 is 0 Å². The van der Waals surface area contributed by atoms with Crippen LogP contribution in [0.3, 0.4) is 0 Å². The van der Waals surface area contributed by atoms with E-state index in [1.807, 2.05) is 36.4 Å². The fourth-order valence-electron chi connectivity index (χ4n) is 3.69. The highest BCUT2D eigenvalue weighted by molar-refractivity contribution is 7.92. The van der Waals surface area contributed by atoms with E-state index in [0.717, 1.165) is 0 Å². The van der Waals surface area contributed by atoms with Gasteiger partial charge >= 0.3 is 0 Å². The molecule has 30 heavy (non-hydrogen) atoms. The monoisotopic (exact) mass is 421 g/mol. The van der Waals surface area contributed by atoms with Crippen molar-refractivity contribution in [1.29, 1.82) is 0 Å². The SMILES string of the molecule is O=C(c1ccccc1Oc1ccccc1)N1CCC(S(=O)(=O)c2ccccc2)CC1. The topological polar surface area (TPSA) is 63.7 Å².